The first-order valence-electron chi connectivity index (χ1n) is 6.29. The molecule has 0 spiro atoms. The van der Waals surface area contributed by atoms with Gasteiger partial charge in [0.15, 0.2) is 0 Å². The number of carbonyl (C=O) groups is 3. The zero-order valence-electron chi connectivity index (χ0n) is 10.8. The highest BCUT2D eigenvalue weighted by Crippen LogP contribution is 2.20. The summed E-state index contributed by atoms with van der Waals surface area (Å²) in [5.41, 5.74) is -0.954. The summed E-state index contributed by atoms with van der Waals surface area (Å²) in [7, 11) is 0. The second kappa shape index (κ2) is 4.68. The summed E-state index contributed by atoms with van der Waals surface area (Å²) in [6.07, 6.45) is 2.66. The fourth-order valence-electron chi connectivity index (χ4n) is 1.99. The molecule has 2 rings (SSSR count). The molecule has 1 saturated carbocycles. The highest BCUT2D eigenvalue weighted by atomic mass is 16.2. The lowest BCUT2D eigenvalue weighted by molar-refractivity contribution is -0.155. The zero-order valence-corrected chi connectivity index (χ0v) is 10.8. The Morgan fingerprint density at radius 1 is 1.44 bits per heavy atom. The van der Waals surface area contributed by atoms with Crippen LogP contribution in [0, 0.1) is 0 Å². The third-order valence-corrected chi connectivity index (χ3v) is 3.44. The van der Waals surface area contributed by atoms with Gasteiger partial charge in [-0.25, -0.2) is 0 Å². The summed E-state index contributed by atoms with van der Waals surface area (Å²) in [4.78, 5) is 36.4. The van der Waals surface area contributed by atoms with Crippen molar-refractivity contribution in [3.63, 3.8) is 0 Å². The first kappa shape index (κ1) is 13.0. The van der Waals surface area contributed by atoms with E-state index in [1.54, 1.807) is 13.8 Å². The maximum absolute atomic E-state index is 12.1. The number of carbonyl (C=O) groups excluding carboxylic acids is 3. The Hall–Kier alpha value is -1.43. The molecule has 1 aliphatic carbocycles. The molecule has 6 nitrogen and oxygen atoms in total. The van der Waals surface area contributed by atoms with Crippen molar-refractivity contribution in [2.24, 2.45) is 0 Å². The van der Waals surface area contributed by atoms with Crippen molar-refractivity contribution in [3.05, 3.63) is 0 Å². The molecule has 6 heteroatoms. The first-order chi connectivity index (χ1) is 8.41. The molecule has 0 bridgehead atoms. The molecule has 0 aromatic carbocycles. The quantitative estimate of drug-likeness (QED) is 0.655. The van der Waals surface area contributed by atoms with Crippen molar-refractivity contribution in [2.45, 2.75) is 44.7 Å². The number of nitrogens with one attached hydrogen (secondary N) is 2. The molecule has 2 fully saturated rings. The fourth-order valence-corrected chi connectivity index (χ4v) is 1.99. The van der Waals surface area contributed by atoms with Crippen LogP contribution >= 0.6 is 0 Å². The van der Waals surface area contributed by atoms with Gasteiger partial charge in [0.05, 0.1) is 0 Å². The highest BCUT2D eigenvalue weighted by Gasteiger charge is 2.43. The molecular weight excluding hydrogens is 234 g/mol. The normalized spacial score (nSPS) is 22.9. The molecule has 1 saturated heterocycles. The molecule has 1 heterocycles. The number of rotatable bonds is 4. The van der Waals surface area contributed by atoms with Crippen LogP contribution < -0.4 is 10.6 Å². The number of nitrogens with zero attached hydrogens (tertiary/aromatic N) is 1. The monoisotopic (exact) mass is 253 g/mol. The second-order valence-corrected chi connectivity index (χ2v) is 5.39. The van der Waals surface area contributed by atoms with Gasteiger partial charge in [-0.2, -0.15) is 0 Å². The van der Waals surface area contributed by atoms with Gasteiger partial charge in [-0.15, -0.1) is 0 Å². The molecule has 0 atom stereocenters. The standard InChI is InChI=1S/C12H19N3O3/c1-12(2)11(18)14-9(16)7-15(12)10(17)5-6-13-8-3-4-8/h8,13H,3-7H2,1-2H3,(H,14,16,18). The van der Waals surface area contributed by atoms with Crippen LogP contribution in [0.4, 0.5) is 0 Å². The van der Waals surface area contributed by atoms with E-state index < -0.39 is 17.4 Å². The van der Waals surface area contributed by atoms with E-state index in [1.165, 1.54) is 17.7 Å². The van der Waals surface area contributed by atoms with E-state index in [0.29, 0.717) is 19.0 Å². The SMILES string of the molecule is CC1(C)C(=O)NC(=O)CN1C(=O)CCNC1CC1. The fraction of sp³-hybridized carbons (Fsp3) is 0.750. The number of hydrogen-bond acceptors (Lipinski definition) is 4. The summed E-state index contributed by atoms with van der Waals surface area (Å²) in [5.74, 6) is -0.985. The smallest absolute Gasteiger partial charge is 0.252 e. The molecule has 0 radical (unpaired) electrons. The average molecular weight is 253 g/mol. The maximum Gasteiger partial charge on any atom is 0.252 e. The lowest BCUT2D eigenvalue weighted by Crippen LogP contribution is -2.65. The van der Waals surface area contributed by atoms with Crippen molar-refractivity contribution >= 4 is 17.7 Å². The Balaban J connectivity index is 1.92. The molecule has 1 aliphatic heterocycles. The molecule has 18 heavy (non-hydrogen) atoms. The predicted molar refractivity (Wildman–Crippen MR) is 64.6 cm³/mol. The van der Waals surface area contributed by atoms with Crippen molar-refractivity contribution in [1.29, 1.82) is 0 Å². The van der Waals surface area contributed by atoms with Crippen LogP contribution in [0.1, 0.15) is 33.1 Å². The third-order valence-electron chi connectivity index (χ3n) is 3.44. The van der Waals surface area contributed by atoms with E-state index in [-0.39, 0.29) is 12.5 Å². The van der Waals surface area contributed by atoms with Gasteiger partial charge in [0.25, 0.3) is 5.91 Å². The van der Waals surface area contributed by atoms with Crippen LogP contribution in [0.25, 0.3) is 0 Å². The van der Waals surface area contributed by atoms with Gasteiger partial charge in [0.2, 0.25) is 11.8 Å². The van der Waals surface area contributed by atoms with E-state index in [2.05, 4.69) is 10.6 Å². The van der Waals surface area contributed by atoms with E-state index >= 15 is 0 Å². The van der Waals surface area contributed by atoms with Crippen molar-refractivity contribution in [3.8, 4) is 0 Å². The van der Waals surface area contributed by atoms with Gasteiger partial charge >= 0.3 is 0 Å². The summed E-state index contributed by atoms with van der Waals surface area (Å²) >= 11 is 0. The molecular formula is C12H19N3O3. The molecule has 0 unspecified atom stereocenters. The number of imide groups is 1. The lowest BCUT2D eigenvalue weighted by atomic mass is 9.98. The van der Waals surface area contributed by atoms with E-state index in [4.69, 9.17) is 0 Å². The van der Waals surface area contributed by atoms with Crippen LogP contribution in [0.3, 0.4) is 0 Å². The van der Waals surface area contributed by atoms with Gasteiger partial charge < -0.3 is 10.2 Å². The molecule has 2 N–H and O–H groups in total. The number of amides is 3. The van der Waals surface area contributed by atoms with Crippen LogP contribution in [0.15, 0.2) is 0 Å². The first-order valence-corrected chi connectivity index (χ1v) is 6.29. The largest absolute Gasteiger partial charge is 0.319 e. The van der Waals surface area contributed by atoms with Gasteiger partial charge in [-0.05, 0) is 26.7 Å². The van der Waals surface area contributed by atoms with E-state index in [1.807, 2.05) is 0 Å². The Bertz CT molecular complexity index is 388. The van der Waals surface area contributed by atoms with Gasteiger partial charge in [0, 0.05) is 19.0 Å². The maximum atomic E-state index is 12.1. The summed E-state index contributed by atoms with van der Waals surface area (Å²) in [5, 5.41) is 5.49. The number of piperazine rings is 1. The predicted octanol–water partition coefficient (Wildman–Crippen LogP) is -0.608. The number of hydrogen-bond donors (Lipinski definition) is 2. The third kappa shape index (κ3) is 2.69. The van der Waals surface area contributed by atoms with Gasteiger partial charge in [-0.1, -0.05) is 0 Å². The molecule has 3 amide bonds. The van der Waals surface area contributed by atoms with Crippen LogP contribution in [0.2, 0.25) is 0 Å². The highest BCUT2D eigenvalue weighted by molar-refractivity contribution is 6.06. The minimum absolute atomic E-state index is 0.0407. The van der Waals surface area contributed by atoms with Crippen LogP contribution in [-0.4, -0.2) is 47.3 Å². The molecule has 0 aromatic rings. The zero-order chi connectivity index (χ0) is 13.3. The summed E-state index contributed by atoms with van der Waals surface area (Å²) in [6, 6.07) is 0.553. The lowest BCUT2D eigenvalue weighted by Gasteiger charge is -2.40. The second-order valence-electron chi connectivity index (χ2n) is 5.39. The summed E-state index contributed by atoms with van der Waals surface area (Å²) < 4.78 is 0. The average Bonchev–Trinajstić information content (AvgIpc) is 3.07. The molecule has 0 aromatic heterocycles. The van der Waals surface area contributed by atoms with Crippen molar-refractivity contribution < 1.29 is 14.4 Å². The van der Waals surface area contributed by atoms with Gasteiger partial charge in [0.1, 0.15) is 12.1 Å². The molecule has 100 valence electrons. The Morgan fingerprint density at radius 3 is 2.72 bits per heavy atom. The summed E-state index contributed by atoms with van der Waals surface area (Å²) in [6.45, 7) is 3.87. The van der Waals surface area contributed by atoms with Crippen molar-refractivity contribution in [2.75, 3.05) is 13.1 Å². The van der Waals surface area contributed by atoms with Crippen LogP contribution in [-0.2, 0) is 14.4 Å². The van der Waals surface area contributed by atoms with Crippen molar-refractivity contribution in [1.82, 2.24) is 15.5 Å². The van der Waals surface area contributed by atoms with E-state index in [0.717, 1.165) is 0 Å². The van der Waals surface area contributed by atoms with E-state index in [9.17, 15) is 14.4 Å². The minimum Gasteiger partial charge on any atom is -0.319 e. The molecule has 2 aliphatic rings. The Kier molecular flexibility index (Phi) is 3.38. The topological polar surface area (TPSA) is 78.5 Å². The van der Waals surface area contributed by atoms with Gasteiger partial charge in [-0.3, -0.25) is 19.7 Å². The minimum atomic E-state index is -0.954. The van der Waals surface area contributed by atoms with Crippen LogP contribution in [0.5, 0.6) is 0 Å². The Labute approximate surface area is 106 Å². The Morgan fingerprint density at radius 2 is 2.11 bits per heavy atom.